The number of hydrogen-bond donors (Lipinski definition) is 2. The van der Waals surface area contributed by atoms with Crippen LogP contribution in [0.3, 0.4) is 0 Å². The molecule has 0 saturated heterocycles. The second-order valence-electron chi connectivity index (χ2n) is 6.82. The summed E-state index contributed by atoms with van der Waals surface area (Å²) in [6, 6.07) is 15.5. The quantitative estimate of drug-likeness (QED) is 0.719. The van der Waals surface area contributed by atoms with E-state index in [1.54, 1.807) is 0 Å². The summed E-state index contributed by atoms with van der Waals surface area (Å²) in [5, 5.41) is 12.4. The van der Waals surface area contributed by atoms with Crippen LogP contribution >= 0.6 is 0 Å². The molecule has 2 N–H and O–H groups in total. The van der Waals surface area contributed by atoms with E-state index in [0.29, 0.717) is 25.5 Å². The summed E-state index contributed by atoms with van der Waals surface area (Å²) < 4.78 is 5.79. The lowest BCUT2D eigenvalue weighted by Crippen LogP contribution is -2.37. The lowest BCUT2D eigenvalue weighted by atomic mass is 10.0. The fourth-order valence-corrected chi connectivity index (χ4v) is 2.54. The van der Waals surface area contributed by atoms with Crippen LogP contribution in [0, 0.1) is 12.8 Å². The Morgan fingerprint density at radius 2 is 1.64 bits per heavy atom. The molecular formula is C21H27NO3. The van der Waals surface area contributed by atoms with E-state index < -0.39 is 12.0 Å². The summed E-state index contributed by atoms with van der Waals surface area (Å²) in [6.07, 6.45) is 0.618. The Kier molecular flexibility index (Phi) is 7.02. The van der Waals surface area contributed by atoms with Crippen LogP contribution < -0.4 is 10.1 Å². The van der Waals surface area contributed by atoms with Gasteiger partial charge in [0.05, 0.1) is 0 Å². The lowest BCUT2D eigenvalue weighted by Gasteiger charge is -2.16. The first-order chi connectivity index (χ1) is 11.9. The third kappa shape index (κ3) is 6.59. The van der Waals surface area contributed by atoms with Crippen molar-refractivity contribution in [1.29, 1.82) is 0 Å². The molecule has 0 radical (unpaired) electrons. The molecule has 0 aliphatic rings. The molecule has 0 aromatic heterocycles. The van der Waals surface area contributed by atoms with Crippen molar-refractivity contribution in [3.63, 3.8) is 0 Å². The average molecular weight is 341 g/mol. The van der Waals surface area contributed by atoms with Crippen LogP contribution in [0.15, 0.2) is 48.5 Å². The number of nitrogens with one attached hydrogen (secondary N) is 1. The van der Waals surface area contributed by atoms with Gasteiger partial charge in [0.25, 0.3) is 0 Å². The van der Waals surface area contributed by atoms with Crippen molar-refractivity contribution in [3.05, 3.63) is 65.2 Å². The smallest absolute Gasteiger partial charge is 0.320 e. The molecule has 2 aromatic carbocycles. The first-order valence-corrected chi connectivity index (χ1v) is 8.67. The van der Waals surface area contributed by atoms with Crippen molar-refractivity contribution in [2.75, 3.05) is 0 Å². The zero-order valence-corrected chi connectivity index (χ0v) is 15.2. The number of hydrogen-bond acceptors (Lipinski definition) is 3. The van der Waals surface area contributed by atoms with Gasteiger partial charge in [-0.25, -0.2) is 0 Å². The van der Waals surface area contributed by atoms with Gasteiger partial charge in [0.15, 0.2) is 0 Å². The van der Waals surface area contributed by atoms with Gasteiger partial charge < -0.3 is 15.2 Å². The molecule has 25 heavy (non-hydrogen) atoms. The second-order valence-corrected chi connectivity index (χ2v) is 6.82. The van der Waals surface area contributed by atoms with Crippen LogP contribution in [-0.4, -0.2) is 17.1 Å². The Morgan fingerprint density at radius 3 is 2.20 bits per heavy atom. The van der Waals surface area contributed by atoms with Gasteiger partial charge in [-0.1, -0.05) is 55.8 Å². The maximum absolute atomic E-state index is 11.3. The summed E-state index contributed by atoms with van der Waals surface area (Å²) >= 11 is 0. The molecule has 0 amide bonds. The van der Waals surface area contributed by atoms with Crippen LogP contribution in [0.4, 0.5) is 0 Å². The maximum Gasteiger partial charge on any atom is 0.320 e. The molecule has 0 heterocycles. The minimum Gasteiger partial charge on any atom is -0.489 e. The van der Waals surface area contributed by atoms with Crippen molar-refractivity contribution in [1.82, 2.24) is 5.32 Å². The average Bonchev–Trinajstić information content (AvgIpc) is 2.58. The topological polar surface area (TPSA) is 58.6 Å². The molecule has 0 spiro atoms. The van der Waals surface area contributed by atoms with Gasteiger partial charge in [0.1, 0.15) is 18.4 Å². The maximum atomic E-state index is 11.3. The van der Waals surface area contributed by atoms with Crippen molar-refractivity contribution in [2.45, 2.75) is 46.4 Å². The van der Waals surface area contributed by atoms with Crippen LogP contribution in [0.1, 0.15) is 37.0 Å². The summed E-state index contributed by atoms with van der Waals surface area (Å²) in [6.45, 7) is 7.18. The summed E-state index contributed by atoms with van der Waals surface area (Å²) in [4.78, 5) is 11.3. The Labute approximate surface area is 149 Å². The fraction of sp³-hybridized carbons (Fsp3) is 0.381. The highest BCUT2D eigenvalue weighted by molar-refractivity contribution is 5.73. The number of rotatable bonds is 9. The summed E-state index contributed by atoms with van der Waals surface area (Å²) in [7, 11) is 0. The van der Waals surface area contributed by atoms with Crippen LogP contribution in [0.2, 0.25) is 0 Å². The minimum atomic E-state index is -0.799. The van der Waals surface area contributed by atoms with E-state index in [1.807, 2.05) is 38.1 Å². The van der Waals surface area contributed by atoms with Gasteiger partial charge in [-0.3, -0.25) is 4.79 Å². The molecule has 0 saturated carbocycles. The SMILES string of the molecule is Cc1ccc(COc2ccc(CNC(CC(C)C)C(=O)O)cc2)cc1. The third-order valence-corrected chi connectivity index (χ3v) is 4.01. The molecule has 2 rings (SSSR count). The predicted octanol–water partition coefficient (Wildman–Crippen LogP) is 4.16. The number of carboxylic acids is 1. The molecule has 1 atom stereocenters. The monoisotopic (exact) mass is 341 g/mol. The van der Waals surface area contributed by atoms with Crippen molar-refractivity contribution < 1.29 is 14.6 Å². The molecule has 0 bridgehead atoms. The minimum absolute atomic E-state index is 0.339. The molecule has 0 fully saturated rings. The van der Waals surface area contributed by atoms with Gasteiger partial charge in [-0.2, -0.15) is 0 Å². The summed E-state index contributed by atoms with van der Waals surface area (Å²) in [5.41, 5.74) is 3.41. The summed E-state index contributed by atoms with van der Waals surface area (Å²) in [5.74, 6) is 0.346. The Morgan fingerprint density at radius 1 is 1.04 bits per heavy atom. The number of benzene rings is 2. The number of carbonyl (C=O) groups is 1. The Hall–Kier alpha value is -2.33. The largest absolute Gasteiger partial charge is 0.489 e. The van der Waals surface area contributed by atoms with E-state index in [4.69, 9.17) is 4.74 Å². The standard InChI is InChI=1S/C21H27NO3/c1-15(2)12-20(21(23)24)22-13-17-8-10-19(11-9-17)25-14-18-6-4-16(3)5-7-18/h4-11,15,20,22H,12-14H2,1-3H3,(H,23,24). The number of carboxylic acid groups (broad SMARTS) is 1. The van der Waals surface area contributed by atoms with E-state index in [1.165, 1.54) is 5.56 Å². The van der Waals surface area contributed by atoms with Gasteiger partial charge in [0, 0.05) is 6.54 Å². The van der Waals surface area contributed by atoms with E-state index in [9.17, 15) is 9.90 Å². The lowest BCUT2D eigenvalue weighted by molar-refractivity contribution is -0.140. The highest BCUT2D eigenvalue weighted by Gasteiger charge is 2.17. The van der Waals surface area contributed by atoms with Gasteiger partial charge in [-0.15, -0.1) is 0 Å². The van der Waals surface area contributed by atoms with Crippen molar-refractivity contribution in [2.24, 2.45) is 5.92 Å². The first-order valence-electron chi connectivity index (χ1n) is 8.67. The third-order valence-electron chi connectivity index (χ3n) is 4.01. The van der Waals surface area contributed by atoms with Crippen molar-refractivity contribution >= 4 is 5.97 Å². The zero-order chi connectivity index (χ0) is 18.2. The highest BCUT2D eigenvalue weighted by atomic mass is 16.5. The van der Waals surface area contributed by atoms with Gasteiger partial charge in [0.2, 0.25) is 0 Å². The van der Waals surface area contributed by atoms with Gasteiger partial charge in [-0.05, 0) is 42.5 Å². The molecule has 2 aromatic rings. The molecule has 134 valence electrons. The van der Waals surface area contributed by atoms with E-state index >= 15 is 0 Å². The van der Waals surface area contributed by atoms with Crippen molar-refractivity contribution in [3.8, 4) is 5.75 Å². The molecule has 0 aliphatic heterocycles. The number of aryl methyl sites for hydroxylation is 1. The second kappa shape index (κ2) is 9.23. The Balaban J connectivity index is 1.84. The van der Waals surface area contributed by atoms with E-state index in [0.717, 1.165) is 16.9 Å². The molecule has 4 nitrogen and oxygen atoms in total. The molecular weight excluding hydrogens is 314 g/mol. The highest BCUT2D eigenvalue weighted by Crippen LogP contribution is 2.15. The zero-order valence-electron chi connectivity index (χ0n) is 15.2. The van der Waals surface area contributed by atoms with Crippen LogP contribution in [0.25, 0.3) is 0 Å². The van der Waals surface area contributed by atoms with E-state index in [-0.39, 0.29) is 0 Å². The molecule has 1 unspecified atom stereocenters. The van der Waals surface area contributed by atoms with Crippen LogP contribution in [-0.2, 0) is 17.9 Å². The molecule has 4 heteroatoms. The fourth-order valence-electron chi connectivity index (χ4n) is 2.54. The Bertz CT molecular complexity index is 663. The van der Waals surface area contributed by atoms with Crippen LogP contribution in [0.5, 0.6) is 5.75 Å². The van der Waals surface area contributed by atoms with Gasteiger partial charge >= 0.3 is 5.97 Å². The number of aliphatic carboxylic acids is 1. The number of ether oxygens (including phenoxy) is 1. The van der Waals surface area contributed by atoms with E-state index in [2.05, 4.69) is 36.5 Å². The first kappa shape index (κ1) is 19.0. The predicted molar refractivity (Wildman–Crippen MR) is 99.7 cm³/mol. The molecule has 0 aliphatic carbocycles. The normalized spacial score (nSPS) is 12.2.